The monoisotopic (exact) mass is 506 g/mol. The van der Waals surface area contributed by atoms with Crippen molar-refractivity contribution in [1.82, 2.24) is 5.32 Å². The summed E-state index contributed by atoms with van der Waals surface area (Å²) in [6.07, 6.45) is 1.18. The molecule has 1 atom stereocenters. The number of nitrogens with two attached hydrogens (primary N) is 1. The van der Waals surface area contributed by atoms with Crippen LogP contribution in [0, 0.1) is 11.6 Å². The molecule has 0 saturated heterocycles. The van der Waals surface area contributed by atoms with Crippen molar-refractivity contribution >= 4 is 16.0 Å². The van der Waals surface area contributed by atoms with Gasteiger partial charge in [0.05, 0.1) is 12.3 Å². The summed E-state index contributed by atoms with van der Waals surface area (Å²) in [5.41, 5.74) is 8.62. The lowest BCUT2D eigenvalue weighted by molar-refractivity contribution is -0.119. The molecule has 3 rings (SSSR count). The van der Waals surface area contributed by atoms with Gasteiger partial charge in [-0.1, -0.05) is 36.4 Å². The molecule has 3 aromatic rings. The Labute approximate surface area is 203 Å². The third kappa shape index (κ3) is 11.1. The highest BCUT2D eigenvalue weighted by Gasteiger charge is 2.11. The zero-order valence-corrected chi connectivity index (χ0v) is 20.2. The maximum atomic E-state index is 13.6. The van der Waals surface area contributed by atoms with E-state index in [1.54, 1.807) is 25.1 Å². The predicted molar refractivity (Wildman–Crippen MR) is 129 cm³/mol. The number of hydrogen-bond donors (Lipinski definition) is 3. The van der Waals surface area contributed by atoms with Crippen LogP contribution in [0.4, 0.5) is 8.78 Å². The van der Waals surface area contributed by atoms with Gasteiger partial charge < -0.3 is 15.8 Å². The lowest BCUT2D eigenvalue weighted by atomic mass is 10.0. The lowest BCUT2D eigenvalue weighted by Gasteiger charge is -2.15. The Balaban J connectivity index is 0.000000784. The zero-order valence-electron chi connectivity index (χ0n) is 19.4. The predicted octanol–water partition coefficient (Wildman–Crippen LogP) is 3.60. The Kier molecular flexibility index (Phi) is 10.3. The fourth-order valence-electron chi connectivity index (χ4n) is 3.05. The van der Waals surface area contributed by atoms with E-state index in [0.29, 0.717) is 30.5 Å². The topological polar surface area (TPSA) is 119 Å². The molecule has 188 valence electrons. The molecular weight excluding hydrogens is 478 g/mol. The van der Waals surface area contributed by atoms with Crippen molar-refractivity contribution in [3.63, 3.8) is 0 Å². The third-order valence-corrected chi connectivity index (χ3v) is 4.73. The number of benzene rings is 3. The summed E-state index contributed by atoms with van der Waals surface area (Å²) in [4.78, 5) is 11.2. The number of carbonyl (C=O) groups is 1. The Morgan fingerprint density at radius 2 is 1.57 bits per heavy atom. The molecule has 3 aromatic carbocycles. The number of nitrogens with one attached hydrogen (secondary N) is 1. The average molecular weight is 507 g/mol. The number of ether oxygens (including phenoxy) is 1. The van der Waals surface area contributed by atoms with E-state index in [9.17, 15) is 22.0 Å². The molecule has 0 saturated carbocycles. The van der Waals surface area contributed by atoms with Crippen molar-refractivity contribution in [1.29, 1.82) is 0 Å². The smallest absolute Gasteiger partial charge is 0.261 e. The van der Waals surface area contributed by atoms with Crippen LogP contribution in [0.3, 0.4) is 0 Å². The summed E-state index contributed by atoms with van der Waals surface area (Å²) in [5, 5.41) is 3.07. The molecule has 0 fully saturated rings. The van der Waals surface area contributed by atoms with Crippen LogP contribution in [0.5, 0.6) is 5.75 Å². The van der Waals surface area contributed by atoms with Crippen molar-refractivity contribution in [2.24, 2.45) is 5.73 Å². The molecular formula is C25H28F2N2O5S. The maximum Gasteiger partial charge on any atom is 0.261 e. The van der Waals surface area contributed by atoms with Crippen LogP contribution in [0.25, 0.3) is 0 Å². The maximum absolute atomic E-state index is 13.6. The van der Waals surface area contributed by atoms with E-state index in [2.05, 4.69) is 5.32 Å². The van der Waals surface area contributed by atoms with Gasteiger partial charge in [0.25, 0.3) is 10.1 Å². The minimum absolute atomic E-state index is 0.213. The average Bonchev–Trinajstić information content (AvgIpc) is 2.75. The van der Waals surface area contributed by atoms with Crippen molar-refractivity contribution < 1.29 is 31.3 Å². The number of primary amides is 1. The second kappa shape index (κ2) is 12.9. The molecule has 4 N–H and O–H groups in total. The molecule has 0 spiro atoms. The second-order valence-electron chi connectivity index (χ2n) is 7.91. The van der Waals surface area contributed by atoms with E-state index in [-0.39, 0.29) is 18.2 Å². The first-order chi connectivity index (χ1) is 16.4. The molecule has 7 nitrogen and oxygen atoms in total. The molecule has 1 unspecified atom stereocenters. The minimum Gasteiger partial charge on any atom is -0.489 e. The Morgan fingerprint density at radius 3 is 2.14 bits per heavy atom. The number of carbonyl (C=O) groups excluding carboxylic acids is 1. The summed E-state index contributed by atoms with van der Waals surface area (Å²) >= 11 is 0. The van der Waals surface area contributed by atoms with Gasteiger partial charge in [-0.15, -0.1) is 0 Å². The van der Waals surface area contributed by atoms with E-state index in [4.69, 9.17) is 15.0 Å². The number of amides is 1. The highest BCUT2D eigenvalue weighted by Crippen LogP contribution is 2.25. The van der Waals surface area contributed by atoms with E-state index >= 15 is 0 Å². The molecule has 0 aliphatic heterocycles. The summed E-state index contributed by atoms with van der Waals surface area (Å²) < 4.78 is 58.9. The quantitative estimate of drug-likeness (QED) is 0.382. The zero-order chi connectivity index (χ0) is 26.0. The first kappa shape index (κ1) is 27.9. The van der Waals surface area contributed by atoms with Crippen LogP contribution in [-0.2, 0) is 34.5 Å². The molecule has 10 heteroatoms. The summed E-state index contributed by atoms with van der Waals surface area (Å²) in [6.45, 7) is 2.36. The number of hydrogen-bond acceptors (Lipinski definition) is 5. The first-order valence-electron chi connectivity index (χ1n) is 10.6. The van der Waals surface area contributed by atoms with Gasteiger partial charge in [0.2, 0.25) is 5.91 Å². The standard InChI is InChI=1S/C24H24F2N2O2.CH4O3S/c1-16(24(27)29)28-14-18-8-9-23(30-15-19-5-3-7-22(26)13-19)20(11-18)10-17-4-2-6-21(25)12-17;1-5(2,3)4/h2-9,11-13,16,28H,10,14-15H2,1H3,(H2,27,29);1H3,(H,2,3,4). The molecule has 35 heavy (non-hydrogen) atoms. The summed E-state index contributed by atoms with van der Waals surface area (Å²) in [5.74, 6) is -0.413. The fraction of sp³-hybridized carbons (Fsp3) is 0.240. The van der Waals surface area contributed by atoms with Gasteiger partial charge in [0.1, 0.15) is 24.0 Å². The lowest BCUT2D eigenvalue weighted by Crippen LogP contribution is -2.38. The van der Waals surface area contributed by atoms with E-state index < -0.39 is 22.1 Å². The van der Waals surface area contributed by atoms with Crippen LogP contribution in [0.15, 0.2) is 66.7 Å². The van der Waals surface area contributed by atoms with Gasteiger partial charge in [-0.05, 0) is 59.5 Å². The van der Waals surface area contributed by atoms with Crippen molar-refractivity contribution in [2.45, 2.75) is 32.5 Å². The normalized spacial score (nSPS) is 11.8. The van der Waals surface area contributed by atoms with Crippen molar-refractivity contribution in [3.05, 3.63) is 101 Å². The Morgan fingerprint density at radius 1 is 1.00 bits per heavy atom. The SMILES string of the molecule is CC(NCc1ccc(OCc2cccc(F)c2)c(Cc2cccc(F)c2)c1)C(N)=O.CS(=O)(=O)O. The second-order valence-corrected chi connectivity index (χ2v) is 9.37. The number of rotatable bonds is 9. The van der Waals surface area contributed by atoms with Gasteiger partial charge in [0.15, 0.2) is 0 Å². The molecule has 0 aliphatic rings. The fourth-order valence-corrected chi connectivity index (χ4v) is 3.05. The van der Waals surface area contributed by atoms with Crippen LogP contribution < -0.4 is 15.8 Å². The molecule has 0 aliphatic carbocycles. The van der Waals surface area contributed by atoms with Gasteiger partial charge >= 0.3 is 0 Å². The molecule has 0 bridgehead atoms. The first-order valence-corrected chi connectivity index (χ1v) is 12.4. The van der Waals surface area contributed by atoms with E-state index in [1.807, 2.05) is 24.3 Å². The van der Waals surface area contributed by atoms with Crippen molar-refractivity contribution in [2.75, 3.05) is 6.26 Å². The van der Waals surface area contributed by atoms with E-state index in [1.165, 1.54) is 24.3 Å². The molecule has 1 amide bonds. The Bertz CT molecular complexity index is 1240. The van der Waals surface area contributed by atoms with E-state index in [0.717, 1.165) is 16.7 Å². The highest BCUT2D eigenvalue weighted by atomic mass is 32.2. The Hall–Kier alpha value is -3.34. The van der Waals surface area contributed by atoms with Gasteiger partial charge in [-0.2, -0.15) is 8.42 Å². The minimum atomic E-state index is -3.67. The van der Waals surface area contributed by atoms with Crippen LogP contribution in [0.2, 0.25) is 0 Å². The summed E-state index contributed by atoms with van der Waals surface area (Å²) in [7, 11) is -3.67. The van der Waals surface area contributed by atoms with Crippen LogP contribution >= 0.6 is 0 Å². The highest BCUT2D eigenvalue weighted by molar-refractivity contribution is 7.85. The molecule has 0 radical (unpaired) electrons. The number of halogens is 2. The molecule has 0 heterocycles. The van der Waals surface area contributed by atoms with Crippen LogP contribution in [0.1, 0.15) is 29.2 Å². The third-order valence-electron chi connectivity index (χ3n) is 4.73. The summed E-state index contributed by atoms with van der Waals surface area (Å²) in [6, 6.07) is 17.8. The largest absolute Gasteiger partial charge is 0.489 e. The van der Waals surface area contributed by atoms with Gasteiger partial charge in [0, 0.05) is 13.0 Å². The van der Waals surface area contributed by atoms with Gasteiger partial charge in [-0.25, -0.2) is 8.78 Å². The van der Waals surface area contributed by atoms with Crippen LogP contribution in [-0.4, -0.2) is 31.2 Å². The van der Waals surface area contributed by atoms with Gasteiger partial charge in [-0.3, -0.25) is 9.35 Å². The van der Waals surface area contributed by atoms with Crippen molar-refractivity contribution in [3.8, 4) is 5.75 Å². The molecule has 0 aromatic heterocycles.